The molecule has 3 aromatic rings. The second-order valence-electron chi connectivity index (χ2n) is 6.76. The number of non-ortho nitro benzene ring substituents is 1. The van der Waals surface area contributed by atoms with Crippen molar-refractivity contribution in [3.05, 3.63) is 68.5 Å². The minimum absolute atomic E-state index is 0.0439. The number of anilines is 1. The summed E-state index contributed by atoms with van der Waals surface area (Å²) in [5.74, 6) is -0.593. The van der Waals surface area contributed by atoms with Crippen LogP contribution in [-0.2, 0) is 11.2 Å². The quantitative estimate of drug-likeness (QED) is 0.241. The smallest absolute Gasteiger partial charge is 0.271 e. The summed E-state index contributed by atoms with van der Waals surface area (Å²) in [6.45, 7) is 3.91. The van der Waals surface area contributed by atoms with Crippen LogP contribution in [0.4, 0.5) is 10.8 Å². The Morgan fingerprint density at radius 2 is 2.19 bits per heavy atom. The van der Waals surface area contributed by atoms with Crippen molar-refractivity contribution in [3.8, 4) is 11.8 Å². The van der Waals surface area contributed by atoms with Crippen LogP contribution in [0.2, 0.25) is 0 Å². The lowest BCUT2D eigenvalue weighted by molar-refractivity contribution is -0.384. The number of unbranched alkanes of at least 4 members (excludes halogenated alkanes) is 1. The van der Waals surface area contributed by atoms with Gasteiger partial charge in [-0.25, -0.2) is 0 Å². The van der Waals surface area contributed by atoms with Gasteiger partial charge >= 0.3 is 0 Å². The Kier molecular flexibility index (Phi) is 6.89. The molecule has 0 fully saturated rings. The van der Waals surface area contributed by atoms with Gasteiger partial charge in [-0.3, -0.25) is 20.2 Å². The number of carbonyl (C=O) groups is 1. The molecular formula is C21H20N6O3S. The van der Waals surface area contributed by atoms with Crippen LogP contribution < -0.4 is 5.32 Å². The minimum Gasteiger partial charge on any atom is -0.317 e. The van der Waals surface area contributed by atoms with E-state index >= 15 is 0 Å². The maximum absolute atomic E-state index is 12.6. The zero-order valence-corrected chi connectivity index (χ0v) is 17.8. The number of benzene rings is 1. The molecule has 1 amide bonds. The van der Waals surface area contributed by atoms with E-state index in [1.54, 1.807) is 29.0 Å². The van der Waals surface area contributed by atoms with Crippen molar-refractivity contribution in [2.45, 2.75) is 33.1 Å². The standard InChI is InChI=1S/C21H20N6O3S/c1-3-4-7-19-24-25-21(31-19)23-20(28)15(13-22)11-16-6-5-10-26(16)18-12-17(27(29)30)9-8-14(18)2/h5-6,8-12H,3-4,7H2,1-2H3,(H,23,25,28). The molecule has 31 heavy (non-hydrogen) atoms. The lowest BCUT2D eigenvalue weighted by Gasteiger charge is -2.10. The van der Waals surface area contributed by atoms with Gasteiger partial charge in [0, 0.05) is 30.4 Å². The largest absolute Gasteiger partial charge is 0.317 e. The molecule has 1 N–H and O–H groups in total. The molecule has 0 saturated carbocycles. The highest BCUT2D eigenvalue weighted by Crippen LogP contribution is 2.24. The second kappa shape index (κ2) is 9.77. The van der Waals surface area contributed by atoms with E-state index in [4.69, 9.17) is 0 Å². The summed E-state index contributed by atoms with van der Waals surface area (Å²) < 4.78 is 1.70. The maximum atomic E-state index is 12.6. The third-order valence-corrected chi connectivity index (χ3v) is 5.43. The molecule has 0 aliphatic rings. The predicted molar refractivity (Wildman–Crippen MR) is 118 cm³/mol. The van der Waals surface area contributed by atoms with Gasteiger partial charge in [0.2, 0.25) is 5.13 Å². The van der Waals surface area contributed by atoms with Gasteiger partial charge in [0.15, 0.2) is 0 Å². The van der Waals surface area contributed by atoms with Crippen LogP contribution in [0, 0.1) is 28.4 Å². The van der Waals surface area contributed by atoms with Crippen LogP contribution in [0.1, 0.15) is 36.0 Å². The first kappa shape index (κ1) is 21.9. The highest BCUT2D eigenvalue weighted by atomic mass is 32.1. The number of aromatic nitrogens is 3. The van der Waals surface area contributed by atoms with Crippen LogP contribution >= 0.6 is 11.3 Å². The number of aryl methyl sites for hydroxylation is 2. The first-order chi connectivity index (χ1) is 14.9. The van der Waals surface area contributed by atoms with Gasteiger partial charge in [-0.15, -0.1) is 10.2 Å². The Balaban J connectivity index is 1.86. The van der Waals surface area contributed by atoms with Gasteiger partial charge in [0.05, 0.1) is 10.6 Å². The monoisotopic (exact) mass is 436 g/mol. The minimum atomic E-state index is -0.593. The maximum Gasteiger partial charge on any atom is 0.271 e. The first-order valence-electron chi connectivity index (χ1n) is 9.61. The van der Waals surface area contributed by atoms with Crippen molar-refractivity contribution in [2.24, 2.45) is 0 Å². The van der Waals surface area contributed by atoms with Crippen molar-refractivity contribution in [2.75, 3.05) is 5.32 Å². The second-order valence-corrected chi connectivity index (χ2v) is 7.82. The molecule has 2 aromatic heterocycles. The summed E-state index contributed by atoms with van der Waals surface area (Å²) in [4.78, 5) is 23.3. The van der Waals surface area contributed by atoms with Crippen LogP contribution in [0.25, 0.3) is 11.8 Å². The highest BCUT2D eigenvalue weighted by molar-refractivity contribution is 7.15. The van der Waals surface area contributed by atoms with Crippen molar-refractivity contribution in [3.63, 3.8) is 0 Å². The van der Waals surface area contributed by atoms with Gasteiger partial charge in [0.1, 0.15) is 16.6 Å². The number of rotatable bonds is 8. The topological polar surface area (TPSA) is 127 Å². The third kappa shape index (κ3) is 5.21. The van der Waals surface area contributed by atoms with E-state index < -0.39 is 10.8 Å². The summed E-state index contributed by atoms with van der Waals surface area (Å²) in [7, 11) is 0. The Hall–Kier alpha value is -3.84. The molecule has 10 heteroatoms. The van der Waals surface area contributed by atoms with E-state index in [1.807, 2.05) is 13.0 Å². The number of hydrogen-bond donors (Lipinski definition) is 1. The summed E-state index contributed by atoms with van der Waals surface area (Å²) in [5, 5.41) is 32.4. The summed E-state index contributed by atoms with van der Waals surface area (Å²) >= 11 is 1.28. The molecule has 0 atom stereocenters. The number of nitriles is 1. The van der Waals surface area contributed by atoms with Crippen LogP contribution in [-0.4, -0.2) is 25.6 Å². The fourth-order valence-electron chi connectivity index (χ4n) is 2.90. The molecule has 0 unspecified atom stereocenters. The van der Waals surface area contributed by atoms with Crippen LogP contribution in [0.5, 0.6) is 0 Å². The molecule has 0 saturated heterocycles. The third-order valence-electron chi connectivity index (χ3n) is 4.53. The summed E-state index contributed by atoms with van der Waals surface area (Å²) in [6, 6.07) is 9.91. The van der Waals surface area contributed by atoms with E-state index in [9.17, 15) is 20.2 Å². The molecule has 158 valence electrons. The number of nitro groups is 1. The van der Waals surface area contributed by atoms with Crippen molar-refractivity contribution in [1.29, 1.82) is 5.26 Å². The molecule has 0 aliphatic heterocycles. The Morgan fingerprint density at radius 3 is 2.90 bits per heavy atom. The van der Waals surface area contributed by atoms with E-state index in [1.165, 1.54) is 29.5 Å². The van der Waals surface area contributed by atoms with E-state index in [0.717, 1.165) is 29.8 Å². The zero-order valence-electron chi connectivity index (χ0n) is 17.0. The average molecular weight is 436 g/mol. The molecule has 9 nitrogen and oxygen atoms in total. The lowest BCUT2D eigenvalue weighted by Crippen LogP contribution is -2.13. The summed E-state index contributed by atoms with van der Waals surface area (Å²) in [6.07, 6.45) is 5.97. The molecule has 0 bridgehead atoms. The van der Waals surface area contributed by atoms with Gasteiger partial charge in [-0.1, -0.05) is 30.7 Å². The number of hydrogen-bond acceptors (Lipinski definition) is 7. The van der Waals surface area contributed by atoms with Crippen LogP contribution in [0.15, 0.2) is 42.1 Å². The Bertz CT molecular complexity index is 1190. The number of nitro benzene ring substituents is 1. The van der Waals surface area contributed by atoms with Gasteiger partial charge < -0.3 is 4.57 Å². The molecule has 0 aliphatic carbocycles. The van der Waals surface area contributed by atoms with Crippen molar-refractivity contribution < 1.29 is 9.72 Å². The van der Waals surface area contributed by atoms with E-state index in [-0.39, 0.29) is 11.3 Å². The van der Waals surface area contributed by atoms with E-state index in [0.29, 0.717) is 16.5 Å². The Morgan fingerprint density at radius 1 is 1.39 bits per heavy atom. The number of carbonyl (C=O) groups excluding carboxylic acids is 1. The fraction of sp³-hybridized carbons (Fsp3) is 0.238. The summed E-state index contributed by atoms with van der Waals surface area (Å²) in [5.41, 5.74) is 1.78. The lowest BCUT2D eigenvalue weighted by atomic mass is 10.1. The predicted octanol–water partition coefficient (Wildman–Crippen LogP) is 4.43. The fourth-order valence-corrected chi connectivity index (χ4v) is 3.67. The average Bonchev–Trinajstić information content (AvgIpc) is 3.39. The van der Waals surface area contributed by atoms with Crippen molar-refractivity contribution in [1.82, 2.24) is 14.8 Å². The number of amides is 1. The molecule has 0 spiro atoms. The number of nitrogens with one attached hydrogen (secondary N) is 1. The van der Waals surface area contributed by atoms with Crippen molar-refractivity contribution >= 4 is 34.1 Å². The highest BCUT2D eigenvalue weighted by Gasteiger charge is 2.15. The van der Waals surface area contributed by atoms with Gasteiger partial charge in [-0.05, 0) is 37.1 Å². The molecule has 1 aromatic carbocycles. The SMILES string of the molecule is CCCCc1nnc(NC(=O)C(C#N)=Cc2cccn2-c2cc([N+](=O)[O-])ccc2C)s1. The van der Waals surface area contributed by atoms with E-state index in [2.05, 4.69) is 22.4 Å². The Labute approximate surface area is 182 Å². The molecule has 3 rings (SSSR count). The normalized spacial score (nSPS) is 11.2. The van der Waals surface area contributed by atoms with Gasteiger partial charge in [-0.2, -0.15) is 5.26 Å². The van der Waals surface area contributed by atoms with Crippen LogP contribution in [0.3, 0.4) is 0 Å². The number of nitrogens with zero attached hydrogens (tertiary/aromatic N) is 5. The molecular weight excluding hydrogens is 416 g/mol. The van der Waals surface area contributed by atoms with Gasteiger partial charge in [0.25, 0.3) is 11.6 Å². The molecule has 2 heterocycles. The first-order valence-corrected chi connectivity index (χ1v) is 10.4. The zero-order chi connectivity index (χ0) is 22.4. The molecule has 0 radical (unpaired) electrons.